The molecule has 0 radical (unpaired) electrons. The van der Waals surface area contributed by atoms with Gasteiger partial charge in [-0.3, -0.25) is 19.3 Å². The van der Waals surface area contributed by atoms with Crippen LogP contribution in [0.5, 0.6) is 0 Å². The number of nitrogens with zero attached hydrogens (tertiary/aromatic N) is 1. The fourth-order valence-electron chi connectivity index (χ4n) is 3.89. The van der Waals surface area contributed by atoms with Crippen LogP contribution in [0.25, 0.3) is 17.2 Å². The van der Waals surface area contributed by atoms with Gasteiger partial charge in [-0.2, -0.15) is 26.3 Å². The molecule has 0 spiro atoms. The van der Waals surface area contributed by atoms with Crippen molar-refractivity contribution >= 4 is 69.2 Å². The van der Waals surface area contributed by atoms with Gasteiger partial charge >= 0.3 is 18.3 Å². The molecule has 0 aliphatic carbocycles. The molecule has 1 aromatic heterocycles. The van der Waals surface area contributed by atoms with E-state index in [4.69, 9.17) is 17.3 Å². The van der Waals surface area contributed by atoms with Gasteiger partial charge in [-0.15, -0.1) is 11.3 Å². The van der Waals surface area contributed by atoms with Crippen molar-refractivity contribution in [1.82, 2.24) is 4.90 Å². The van der Waals surface area contributed by atoms with Crippen LogP contribution >= 0.6 is 35.3 Å². The Morgan fingerprint density at radius 1 is 0.976 bits per heavy atom. The molecule has 15 heteroatoms. The maximum atomic E-state index is 13.2. The average molecular weight is 645 g/mol. The number of anilines is 1. The van der Waals surface area contributed by atoms with E-state index in [1.54, 1.807) is 18.2 Å². The van der Waals surface area contributed by atoms with Gasteiger partial charge in [0, 0.05) is 23.5 Å². The van der Waals surface area contributed by atoms with E-state index in [1.165, 1.54) is 28.5 Å². The van der Waals surface area contributed by atoms with Crippen LogP contribution in [-0.2, 0) is 33.2 Å². The molecule has 1 fully saturated rings. The van der Waals surface area contributed by atoms with Gasteiger partial charge in [0.1, 0.15) is 4.32 Å². The standard InChI is InChI=1S/C27H18F6N2O4S3/c28-26(29,30)17-8-15(9-18(11-17)27(31,32)33)16-10-20(41-13-16)12-21-24(39)35(25(40)42-21)5-4-22(36)34-19-3-1-2-14(6-19)7-23(37)38/h1-3,6,8-13H,4-5,7H2,(H,34,36)(H,37,38)/b21-12-. The normalized spacial score (nSPS) is 15.0. The number of alkyl halides is 6. The van der Waals surface area contributed by atoms with Gasteiger partial charge < -0.3 is 10.4 Å². The van der Waals surface area contributed by atoms with Crippen LogP contribution in [0.2, 0.25) is 0 Å². The first-order valence-corrected chi connectivity index (χ1v) is 13.9. The summed E-state index contributed by atoms with van der Waals surface area (Å²) in [6.07, 6.45) is -8.87. The molecule has 42 heavy (non-hydrogen) atoms. The third-order valence-electron chi connectivity index (χ3n) is 5.82. The van der Waals surface area contributed by atoms with Gasteiger partial charge in [-0.25, -0.2) is 0 Å². The first kappa shape index (κ1) is 31.3. The maximum Gasteiger partial charge on any atom is 0.416 e. The Bertz CT molecular complexity index is 1560. The second-order valence-corrected chi connectivity index (χ2v) is 11.6. The van der Waals surface area contributed by atoms with E-state index in [9.17, 15) is 40.7 Å². The molecule has 3 aromatic rings. The quantitative estimate of drug-likeness (QED) is 0.152. The van der Waals surface area contributed by atoms with Crippen LogP contribution in [0.3, 0.4) is 0 Å². The molecule has 0 atom stereocenters. The fraction of sp³-hybridized carbons (Fsp3) is 0.185. The summed E-state index contributed by atoms with van der Waals surface area (Å²) in [5.74, 6) is -1.97. The number of hydrogen-bond acceptors (Lipinski definition) is 6. The molecule has 6 nitrogen and oxygen atoms in total. The van der Waals surface area contributed by atoms with Crippen LogP contribution in [0.15, 0.2) is 58.8 Å². The predicted molar refractivity (Wildman–Crippen MR) is 151 cm³/mol. The number of thiophene rings is 1. The van der Waals surface area contributed by atoms with Gasteiger partial charge in [0.15, 0.2) is 0 Å². The zero-order valence-corrected chi connectivity index (χ0v) is 23.5. The summed E-state index contributed by atoms with van der Waals surface area (Å²) in [5.41, 5.74) is -2.15. The van der Waals surface area contributed by atoms with E-state index >= 15 is 0 Å². The molecule has 2 heterocycles. The summed E-state index contributed by atoms with van der Waals surface area (Å²) in [6, 6.07) is 9.00. The first-order valence-electron chi connectivity index (χ1n) is 11.8. The Labute approximate surface area is 248 Å². The van der Waals surface area contributed by atoms with Crippen molar-refractivity contribution in [3.63, 3.8) is 0 Å². The molecule has 2 aromatic carbocycles. The van der Waals surface area contributed by atoms with Gasteiger partial charge in [0.05, 0.1) is 22.5 Å². The molecule has 0 unspecified atom stereocenters. The van der Waals surface area contributed by atoms with Crippen molar-refractivity contribution in [2.24, 2.45) is 0 Å². The van der Waals surface area contributed by atoms with Crippen molar-refractivity contribution in [1.29, 1.82) is 0 Å². The van der Waals surface area contributed by atoms with Crippen molar-refractivity contribution in [3.8, 4) is 11.1 Å². The van der Waals surface area contributed by atoms with Crippen molar-refractivity contribution in [2.45, 2.75) is 25.2 Å². The number of hydrogen-bond donors (Lipinski definition) is 2. The molecular formula is C27H18F6N2O4S3. The molecular weight excluding hydrogens is 626 g/mol. The number of amides is 2. The largest absolute Gasteiger partial charge is 0.481 e. The van der Waals surface area contributed by atoms with E-state index in [1.807, 2.05) is 0 Å². The Hall–Kier alpha value is -3.69. The highest BCUT2D eigenvalue weighted by molar-refractivity contribution is 8.26. The topological polar surface area (TPSA) is 86.7 Å². The zero-order chi connectivity index (χ0) is 30.8. The minimum atomic E-state index is -4.98. The van der Waals surface area contributed by atoms with Crippen LogP contribution in [-0.4, -0.2) is 38.7 Å². The van der Waals surface area contributed by atoms with Crippen LogP contribution in [0.1, 0.15) is 28.0 Å². The molecule has 0 bridgehead atoms. The number of nitrogens with one attached hydrogen (secondary N) is 1. The number of halogens is 6. The lowest BCUT2D eigenvalue weighted by molar-refractivity contribution is -0.143. The van der Waals surface area contributed by atoms with Crippen molar-refractivity contribution in [3.05, 3.63) is 80.4 Å². The summed E-state index contributed by atoms with van der Waals surface area (Å²) in [5, 5.41) is 12.9. The minimum Gasteiger partial charge on any atom is -0.481 e. The number of thiocarbonyl (C=S) groups is 1. The highest BCUT2D eigenvalue weighted by Crippen LogP contribution is 2.40. The van der Waals surface area contributed by atoms with Crippen LogP contribution in [0.4, 0.5) is 32.0 Å². The first-order chi connectivity index (χ1) is 19.6. The SMILES string of the molecule is O=C(O)Cc1cccc(NC(=O)CCN2C(=O)/C(=C/c3cc(-c4cc(C(F)(F)F)cc(C(F)(F)F)c4)cs3)SC2=S)c1. The molecule has 1 aliphatic heterocycles. The minimum absolute atomic E-state index is 0.0528. The monoisotopic (exact) mass is 644 g/mol. The summed E-state index contributed by atoms with van der Waals surface area (Å²) < 4.78 is 79.7. The lowest BCUT2D eigenvalue weighted by Gasteiger charge is -2.14. The van der Waals surface area contributed by atoms with E-state index < -0.39 is 41.3 Å². The van der Waals surface area contributed by atoms with Crippen LogP contribution < -0.4 is 5.32 Å². The maximum absolute atomic E-state index is 13.2. The number of aliphatic carboxylic acids is 1. The third kappa shape index (κ3) is 7.77. The summed E-state index contributed by atoms with van der Waals surface area (Å²) in [4.78, 5) is 38.1. The second-order valence-electron chi connectivity index (χ2n) is 8.93. The average Bonchev–Trinajstić information content (AvgIpc) is 3.45. The van der Waals surface area contributed by atoms with Gasteiger partial charge in [0.25, 0.3) is 5.91 Å². The van der Waals surface area contributed by atoms with Gasteiger partial charge in [-0.05, 0) is 64.5 Å². The Morgan fingerprint density at radius 3 is 2.26 bits per heavy atom. The highest BCUT2D eigenvalue weighted by Gasteiger charge is 2.37. The summed E-state index contributed by atoms with van der Waals surface area (Å²) in [6.45, 7) is -0.0528. The van der Waals surface area contributed by atoms with E-state index in [0.29, 0.717) is 28.3 Å². The molecule has 0 saturated carbocycles. The predicted octanol–water partition coefficient (Wildman–Crippen LogP) is 7.31. The zero-order valence-electron chi connectivity index (χ0n) is 21.0. The number of carbonyl (C=O) groups excluding carboxylic acids is 2. The summed E-state index contributed by atoms with van der Waals surface area (Å²) >= 11 is 7.23. The van der Waals surface area contributed by atoms with Crippen molar-refractivity contribution < 1.29 is 45.8 Å². The molecule has 1 saturated heterocycles. The molecule has 220 valence electrons. The number of rotatable bonds is 8. The highest BCUT2D eigenvalue weighted by atomic mass is 32.2. The second kappa shape index (κ2) is 12.3. The van der Waals surface area contributed by atoms with E-state index in [0.717, 1.165) is 23.1 Å². The fourth-order valence-corrected chi connectivity index (χ4v) is 6.12. The molecule has 2 N–H and O–H groups in total. The lowest BCUT2D eigenvalue weighted by atomic mass is 10.0. The Morgan fingerprint density at radius 2 is 1.64 bits per heavy atom. The summed E-state index contributed by atoms with van der Waals surface area (Å²) in [7, 11) is 0. The lowest BCUT2D eigenvalue weighted by Crippen LogP contribution is -2.31. The number of thioether (sulfide) groups is 1. The Kier molecular flexibility index (Phi) is 9.13. The van der Waals surface area contributed by atoms with Gasteiger partial charge in [0.2, 0.25) is 5.91 Å². The van der Waals surface area contributed by atoms with E-state index in [2.05, 4.69) is 5.32 Å². The number of carbonyl (C=O) groups is 3. The van der Waals surface area contributed by atoms with E-state index in [-0.39, 0.29) is 45.8 Å². The van der Waals surface area contributed by atoms with Gasteiger partial charge in [-0.1, -0.05) is 36.1 Å². The Balaban J connectivity index is 1.44. The number of carboxylic acid groups (broad SMARTS) is 1. The number of benzene rings is 2. The van der Waals surface area contributed by atoms with Crippen LogP contribution in [0, 0.1) is 0 Å². The molecule has 1 aliphatic rings. The third-order valence-corrected chi connectivity index (χ3v) is 8.07. The molecule has 4 rings (SSSR count). The molecule has 2 amide bonds. The number of carboxylic acids is 1. The smallest absolute Gasteiger partial charge is 0.416 e. The van der Waals surface area contributed by atoms with Crippen molar-refractivity contribution in [2.75, 3.05) is 11.9 Å².